The van der Waals surface area contributed by atoms with E-state index in [4.69, 9.17) is 34.3 Å². The first-order chi connectivity index (χ1) is 7.11. The van der Waals surface area contributed by atoms with E-state index >= 15 is 0 Å². The van der Waals surface area contributed by atoms with E-state index < -0.39 is 0 Å². The molecule has 1 aromatic rings. The summed E-state index contributed by atoms with van der Waals surface area (Å²) in [4.78, 5) is 0.582. The van der Waals surface area contributed by atoms with Crippen LogP contribution in [0.5, 0.6) is 5.75 Å². The number of phenols is 1. The number of halogens is 2. The van der Waals surface area contributed by atoms with Crippen molar-refractivity contribution < 1.29 is 5.11 Å². The van der Waals surface area contributed by atoms with Crippen LogP contribution in [-0.4, -0.2) is 5.11 Å². The van der Waals surface area contributed by atoms with Crippen LogP contribution in [0.1, 0.15) is 0 Å². The Hall–Kier alpha value is -0.500. The summed E-state index contributed by atoms with van der Waals surface area (Å²) in [7, 11) is 0. The number of hydrogen-bond acceptors (Lipinski definition) is 7. The standard InChI is InChI=1S/C6H4Cl2N4OS2/c7-2-1-3(8)5(14-11-9)6(4(2)13)15-12-10/h1,9-10,13H. The SMILES string of the molecule is N=NSc1c(Cl)cc(Cl)c(O)c1SN=N. The minimum Gasteiger partial charge on any atom is -0.505 e. The average Bonchev–Trinajstić information content (AvgIpc) is 2.20. The van der Waals surface area contributed by atoms with Gasteiger partial charge in [-0.3, -0.25) is 0 Å². The highest BCUT2D eigenvalue weighted by molar-refractivity contribution is 8.01. The fraction of sp³-hybridized carbons (Fsp3) is 0. The summed E-state index contributed by atoms with van der Waals surface area (Å²) in [6, 6.07) is 1.35. The van der Waals surface area contributed by atoms with Crippen LogP contribution in [0.3, 0.4) is 0 Å². The van der Waals surface area contributed by atoms with Crippen molar-refractivity contribution >= 4 is 47.1 Å². The lowest BCUT2D eigenvalue weighted by molar-refractivity contribution is 0.459. The van der Waals surface area contributed by atoms with Crippen LogP contribution in [0, 0.1) is 11.1 Å². The van der Waals surface area contributed by atoms with Crippen molar-refractivity contribution in [1.29, 1.82) is 11.1 Å². The average molecular weight is 283 g/mol. The van der Waals surface area contributed by atoms with Crippen LogP contribution in [0.25, 0.3) is 0 Å². The van der Waals surface area contributed by atoms with Gasteiger partial charge in [-0.1, -0.05) is 23.2 Å². The largest absolute Gasteiger partial charge is 0.505 e. The van der Waals surface area contributed by atoms with Gasteiger partial charge in [0.15, 0.2) is 5.75 Å². The highest BCUT2D eigenvalue weighted by Crippen LogP contribution is 2.46. The molecule has 0 saturated heterocycles. The third-order valence-corrected chi connectivity index (χ3v) is 3.59. The Bertz CT molecular complexity index is 415. The molecule has 1 rings (SSSR count). The first kappa shape index (κ1) is 12.6. The van der Waals surface area contributed by atoms with Gasteiger partial charge in [0.1, 0.15) is 0 Å². The Morgan fingerprint density at radius 1 is 1.07 bits per heavy atom. The number of benzene rings is 1. The molecule has 9 heteroatoms. The van der Waals surface area contributed by atoms with Gasteiger partial charge in [0.2, 0.25) is 0 Å². The molecule has 3 N–H and O–H groups in total. The molecule has 15 heavy (non-hydrogen) atoms. The van der Waals surface area contributed by atoms with Gasteiger partial charge >= 0.3 is 0 Å². The summed E-state index contributed by atoms with van der Waals surface area (Å²) in [5, 5.41) is 9.91. The summed E-state index contributed by atoms with van der Waals surface area (Å²) in [5.41, 5.74) is 13.4. The van der Waals surface area contributed by atoms with E-state index in [2.05, 4.69) is 9.04 Å². The van der Waals surface area contributed by atoms with E-state index in [0.29, 0.717) is 16.8 Å². The van der Waals surface area contributed by atoms with Gasteiger partial charge in [-0.05, 0) is 6.07 Å². The van der Waals surface area contributed by atoms with Crippen LogP contribution < -0.4 is 0 Å². The number of nitrogens with one attached hydrogen (secondary N) is 2. The van der Waals surface area contributed by atoms with E-state index in [9.17, 15) is 5.11 Å². The lowest BCUT2D eigenvalue weighted by Crippen LogP contribution is -1.81. The Morgan fingerprint density at radius 3 is 2.13 bits per heavy atom. The first-order valence-corrected chi connectivity index (χ1v) is 5.70. The zero-order chi connectivity index (χ0) is 11.4. The second kappa shape index (κ2) is 5.55. The van der Waals surface area contributed by atoms with Gasteiger partial charge in [0, 0.05) is 23.9 Å². The minimum absolute atomic E-state index is 0.0699. The van der Waals surface area contributed by atoms with Crippen molar-refractivity contribution in [3.8, 4) is 5.75 Å². The third kappa shape index (κ3) is 2.75. The predicted octanol–water partition coefficient (Wildman–Crippen LogP) is 4.78. The molecule has 0 aliphatic rings. The third-order valence-electron chi connectivity index (χ3n) is 1.39. The predicted molar refractivity (Wildman–Crippen MR) is 60.1 cm³/mol. The van der Waals surface area contributed by atoms with E-state index in [-0.39, 0.29) is 20.7 Å². The van der Waals surface area contributed by atoms with Gasteiger partial charge < -0.3 is 5.11 Å². The number of phenolic OH excluding ortho intramolecular Hbond substituents is 1. The molecule has 0 amide bonds. The molecule has 0 bridgehead atoms. The summed E-state index contributed by atoms with van der Waals surface area (Å²) >= 11 is 13.0. The zero-order valence-corrected chi connectivity index (χ0v) is 10.1. The summed E-state index contributed by atoms with van der Waals surface area (Å²) in [6.45, 7) is 0. The highest BCUT2D eigenvalue weighted by atomic mass is 35.5. The zero-order valence-electron chi connectivity index (χ0n) is 6.99. The Labute approximate surface area is 104 Å². The lowest BCUT2D eigenvalue weighted by atomic mass is 10.3. The molecule has 80 valence electrons. The van der Waals surface area contributed by atoms with E-state index in [0.717, 1.165) is 11.9 Å². The maximum absolute atomic E-state index is 9.59. The first-order valence-electron chi connectivity index (χ1n) is 3.40. The Morgan fingerprint density at radius 2 is 1.60 bits per heavy atom. The number of hydrogen-bond donors (Lipinski definition) is 3. The quantitative estimate of drug-likeness (QED) is 0.548. The highest BCUT2D eigenvalue weighted by Gasteiger charge is 2.17. The molecule has 1 aromatic carbocycles. The van der Waals surface area contributed by atoms with Gasteiger partial charge in [-0.25, -0.2) is 0 Å². The van der Waals surface area contributed by atoms with Crippen LogP contribution in [0.4, 0.5) is 0 Å². The van der Waals surface area contributed by atoms with Crippen LogP contribution in [-0.2, 0) is 0 Å². The van der Waals surface area contributed by atoms with Crippen molar-refractivity contribution in [2.75, 3.05) is 0 Å². The van der Waals surface area contributed by atoms with Crippen LogP contribution in [0.15, 0.2) is 24.9 Å². The fourth-order valence-corrected chi connectivity index (χ4v) is 2.63. The normalized spacial score (nSPS) is 10.0. The van der Waals surface area contributed by atoms with Crippen molar-refractivity contribution in [3.63, 3.8) is 0 Å². The van der Waals surface area contributed by atoms with E-state index in [1.165, 1.54) is 6.07 Å². The van der Waals surface area contributed by atoms with E-state index in [1.807, 2.05) is 0 Å². The maximum Gasteiger partial charge on any atom is 0.150 e. The van der Waals surface area contributed by atoms with Crippen molar-refractivity contribution in [3.05, 3.63) is 16.1 Å². The fourth-order valence-electron chi connectivity index (χ4n) is 0.831. The van der Waals surface area contributed by atoms with Crippen LogP contribution in [0.2, 0.25) is 10.0 Å². The molecular formula is C6H4Cl2N4OS2. The molecule has 0 atom stereocenters. The molecule has 0 unspecified atom stereocenters. The molecule has 0 spiro atoms. The molecule has 0 radical (unpaired) electrons. The van der Waals surface area contributed by atoms with Crippen molar-refractivity contribution in [1.82, 2.24) is 0 Å². The smallest absolute Gasteiger partial charge is 0.150 e. The number of aromatic hydroxyl groups is 1. The minimum atomic E-state index is -0.215. The molecule has 0 aromatic heterocycles. The summed E-state index contributed by atoms with van der Waals surface area (Å²) in [6.07, 6.45) is 0. The molecule has 0 heterocycles. The Kier molecular flexibility index (Phi) is 4.65. The number of nitrogens with zero attached hydrogens (tertiary/aromatic N) is 2. The van der Waals surface area contributed by atoms with E-state index in [1.54, 1.807) is 0 Å². The monoisotopic (exact) mass is 282 g/mol. The van der Waals surface area contributed by atoms with Crippen LogP contribution >= 0.6 is 47.1 Å². The molecular weight excluding hydrogens is 279 g/mol. The van der Waals surface area contributed by atoms with Gasteiger partial charge in [-0.15, -0.1) is 9.04 Å². The summed E-state index contributed by atoms with van der Waals surface area (Å²) < 4.78 is 6.16. The molecule has 0 aliphatic heterocycles. The molecule has 0 fully saturated rings. The topological polar surface area (TPSA) is 92.7 Å². The number of rotatable bonds is 4. The molecule has 5 nitrogen and oxygen atoms in total. The van der Waals surface area contributed by atoms with Crippen molar-refractivity contribution in [2.45, 2.75) is 9.79 Å². The van der Waals surface area contributed by atoms with Gasteiger partial charge in [0.25, 0.3) is 0 Å². The molecule has 0 saturated carbocycles. The lowest BCUT2D eigenvalue weighted by Gasteiger charge is -2.08. The second-order valence-electron chi connectivity index (χ2n) is 2.21. The summed E-state index contributed by atoms with van der Waals surface area (Å²) in [5.74, 6) is -0.215. The van der Waals surface area contributed by atoms with Gasteiger partial charge in [-0.2, -0.15) is 11.1 Å². The molecule has 0 aliphatic carbocycles. The van der Waals surface area contributed by atoms with Crippen molar-refractivity contribution in [2.24, 2.45) is 9.04 Å². The van der Waals surface area contributed by atoms with Gasteiger partial charge in [0.05, 0.1) is 19.8 Å². The Balaban J connectivity index is 3.38. The second-order valence-corrected chi connectivity index (χ2v) is 4.57. The maximum atomic E-state index is 9.59.